The number of rotatable bonds is 11. The van der Waals surface area contributed by atoms with Crippen molar-refractivity contribution >= 4 is 0 Å². The molecule has 0 spiro atoms. The van der Waals surface area contributed by atoms with E-state index in [0.717, 1.165) is 24.3 Å². The fourth-order valence-electron chi connectivity index (χ4n) is 2.98. The molecule has 1 atom stereocenters. The van der Waals surface area contributed by atoms with E-state index in [0.29, 0.717) is 14.0 Å². The average Bonchev–Trinajstić information content (AvgIpc) is 2.71. The lowest BCUT2D eigenvalue weighted by atomic mass is 9.83. The summed E-state index contributed by atoms with van der Waals surface area (Å²) in [6.07, 6.45) is -10.7. The molecule has 0 saturated heterocycles. The highest BCUT2D eigenvalue weighted by Crippen LogP contribution is 2.63. The highest BCUT2D eigenvalue weighted by atomic mass is 19.4. The number of halogens is 15. The second kappa shape index (κ2) is 9.59. The van der Waals surface area contributed by atoms with Crippen molar-refractivity contribution in [2.45, 2.75) is 80.6 Å². The fraction of sp³-hybridized carbons (Fsp3) is 0.700. The highest BCUT2D eigenvalue weighted by molar-refractivity contribution is 5.31. The van der Waals surface area contributed by atoms with Crippen LogP contribution < -0.4 is 4.74 Å². The van der Waals surface area contributed by atoms with Gasteiger partial charge in [0.05, 0.1) is 18.1 Å². The molecule has 37 heavy (non-hydrogen) atoms. The molecule has 216 valence electrons. The molecule has 1 aromatic carbocycles. The lowest BCUT2D eigenvalue weighted by molar-refractivity contribution is -0.453. The summed E-state index contributed by atoms with van der Waals surface area (Å²) in [6, 6.07) is 4.01. The maximum Gasteiger partial charge on any atom is 0.460 e. The summed E-state index contributed by atoms with van der Waals surface area (Å²) in [5.41, 5.74) is -3.20. The van der Waals surface area contributed by atoms with Crippen LogP contribution in [0.15, 0.2) is 24.3 Å². The molecule has 0 heterocycles. The number of hydrogen-bond donors (Lipinski definition) is 0. The van der Waals surface area contributed by atoms with Crippen LogP contribution in [0.3, 0.4) is 0 Å². The SMILES string of the molecule is COC(C)(CC(F)(F)C(F)(F)C(F)(F)C(F)(F)C(F)(F)C(F)(F)C(F)(F)F)c1ccc(OC(C)C)cc1. The largest absolute Gasteiger partial charge is 0.491 e. The summed E-state index contributed by atoms with van der Waals surface area (Å²) in [5, 5.41) is 0. The molecule has 0 aromatic heterocycles. The molecule has 0 amide bonds. The maximum absolute atomic E-state index is 14.4. The lowest BCUT2D eigenvalue weighted by Gasteiger charge is -2.43. The fourth-order valence-corrected chi connectivity index (χ4v) is 2.98. The van der Waals surface area contributed by atoms with Crippen LogP contribution in [-0.2, 0) is 10.3 Å². The quantitative estimate of drug-likeness (QED) is 0.248. The van der Waals surface area contributed by atoms with Crippen molar-refractivity contribution in [2.75, 3.05) is 7.11 Å². The minimum atomic E-state index is -8.33. The topological polar surface area (TPSA) is 18.5 Å². The molecule has 0 N–H and O–H groups in total. The van der Waals surface area contributed by atoms with Gasteiger partial charge in [-0.1, -0.05) is 12.1 Å². The van der Waals surface area contributed by atoms with Gasteiger partial charge in [0.25, 0.3) is 0 Å². The molecule has 2 nitrogen and oxygen atoms in total. The second-order valence-electron chi connectivity index (χ2n) is 8.38. The average molecular weight is 576 g/mol. The summed E-state index contributed by atoms with van der Waals surface area (Å²) >= 11 is 0. The van der Waals surface area contributed by atoms with Crippen LogP contribution >= 0.6 is 0 Å². The lowest BCUT2D eigenvalue weighted by Crippen LogP contribution is -2.72. The van der Waals surface area contributed by atoms with Crippen LogP contribution in [0.5, 0.6) is 5.75 Å². The number of alkyl halides is 15. The van der Waals surface area contributed by atoms with E-state index in [1.54, 1.807) is 13.8 Å². The molecule has 0 fully saturated rings. The van der Waals surface area contributed by atoms with Crippen LogP contribution in [-0.4, -0.2) is 54.9 Å². The van der Waals surface area contributed by atoms with E-state index in [-0.39, 0.29) is 5.75 Å². The van der Waals surface area contributed by atoms with E-state index in [4.69, 9.17) is 4.74 Å². The summed E-state index contributed by atoms with van der Waals surface area (Å²) in [6.45, 7) is 3.75. The van der Waals surface area contributed by atoms with Crippen molar-refractivity contribution < 1.29 is 75.3 Å². The van der Waals surface area contributed by atoms with Crippen molar-refractivity contribution in [1.29, 1.82) is 0 Å². The molecule has 1 unspecified atom stereocenters. The summed E-state index contributed by atoms with van der Waals surface area (Å²) in [7, 11) is 0.595. The first kappa shape index (κ1) is 33.0. The Morgan fingerprint density at radius 3 is 1.35 bits per heavy atom. The minimum Gasteiger partial charge on any atom is -0.491 e. The third kappa shape index (κ3) is 5.28. The Balaban J connectivity index is 3.53. The summed E-state index contributed by atoms with van der Waals surface area (Å²) < 4.78 is 211. The van der Waals surface area contributed by atoms with Crippen molar-refractivity contribution in [2.24, 2.45) is 0 Å². The Bertz CT molecular complexity index is 923. The molecule has 0 aliphatic carbocycles. The summed E-state index contributed by atoms with van der Waals surface area (Å²) in [4.78, 5) is 0. The first-order valence-corrected chi connectivity index (χ1v) is 9.82. The Morgan fingerprint density at radius 1 is 0.622 bits per heavy atom. The predicted molar refractivity (Wildman–Crippen MR) is 96.9 cm³/mol. The van der Waals surface area contributed by atoms with Crippen LogP contribution in [0.25, 0.3) is 0 Å². The van der Waals surface area contributed by atoms with Crippen LogP contribution in [0.2, 0.25) is 0 Å². The molecule has 1 rings (SSSR count). The first-order valence-electron chi connectivity index (χ1n) is 9.82. The van der Waals surface area contributed by atoms with E-state index in [1.165, 1.54) is 0 Å². The zero-order chi connectivity index (χ0) is 29.7. The van der Waals surface area contributed by atoms with Gasteiger partial charge in [-0.25, -0.2) is 0 Å². The third-order valence-corrected chi connectivity index (χ3v) is 5.24. The Labute approximate surface area is 199 Å². The molecule has 17 heteroatoms. The highest BCUT2D eigenvalue weighted by Gasteiger charge is 2.93. The molecule has 1 aromatic rings. The zero-order valence-corrected chi connectivity index (χ0v) is 19.1. The Hall–Kier alpha value is -2.07. The molecule has 0 saturated carbocycles. The standard InChI is InChI=1S/C20H19F15O2/c1-10(2)37-12-7-5-11(6-8-12)13(3,36-4)9-14(21,22)15(23,24)16(25,26)17(27,28)18(29,30)19(31,32)20(33,34)35/h5-8,10H,9H2,1-4H3. The molecule has 0 radical (unpaired) electrons. The van der Waals surface area contributed by atoms with Crippen LogP contribution in [0.4, 0.5) is 65.9 Å². The normalized spacial score (nSPS) is 16.6. The van der Waals surface area contributed by atoms with Gasteiger partial charge in [-0.05, 0) is 38.5 Å². The van der Waals surface area contributed by atoms with Gasteiger partial charge >= 0.3 is 41.7 Å². The van der Waals surface area contributed by atoms with Crippen molar-refractivity contribution in [3.63, 3.8) is 0 Å². The first-order chi connectivity index (χ1) is 16.2. The Kier molecular flexibility index (Phi) is 8.55. The molecule has 0 aliphatic rings. The predicted octanol–water partition coefficient (Wildman–Crippen LogP) is 8.10. The van der Waals surface area contributed by atoms with Gasteiger partial charge in [0.15, 0.2) is 0 Å². The Morgan fingerprint density at radius 2 is 1.00 bits per heavy atom. The molecule has 0 aliphatic heterocycles. The van der Waals surface area contributed by atoms with E-state index in [9.17, 15) is 65.9 Å². The summed E-state index contributed by atoms with van der Waals surface area (Å²) in [5.74, 6) is -46.7. The van der Waals surface area contributed by atoms with Crippen LogP contribution in [0.1, 0.15) is 32.8 Å². The van der Waals surface area contributed by atoms with Gasteiger partial charge in [0, 0.05) is 7.11 Å². The zero-order valence-electron chi connectivity index (χ0n) is 19.1. The van der Waals surface area contributed by atoms with E-state index >= 15 is 0 Å². The number of methoxy groups -OCH3 is 1. The van der Waals surface area contributed by atoms with E-state index in [1.807, 2.05) is 0 Å². The molecular weight excluding hydrogens is 557 g/mol. The minimum absolute atomic E-state index is 0.105. The maximum atomic E-state index is 14.4. The number of ether oxygens (including phenoxy) is 2. The monoisotopic (exact) mass is 576 g/mol. The van der Waals surface area contributed by atoms with Crippen molar-refractivity contribution in [3.05, 3.63) is 29.8 Å². The van der Waals surface area contributed by atoms with Gasteiger partial charge in [-0.3, -0.25) is 0 Å². The van der Waals surface area contributed by atoms with Crippen LogP contribution in [0, 0.1) is 0 Å². The van der Waals surface area contributed by atoms with Crippen molar-refractivity contribution in [1.82, 2.24) is 0 Å². The third-order valence-electron chi connectivity index (χ3n) is 5.24. The van der Waals surface area contributed by atoms with Gasteiger partial charge in [-0.15, -0.1) is 0 Å². The van der Waals surface area contributed by atoms with E-state index < -0.39 is 65.4 Å². The van der Waals surface area contributed by atoms with Gasteiger partial charge in [0.2, 0.25) is 0 Å². The molecular formula is C20H19F15O2. The number of hydrogen-bond acceptors (Lipinski definition) is 2. The second-order valence-corrected chi connectivity index (χ2v) is 8.38. The van der Waals surface area contributed by atoms with E-state index in [2.05, 4.69) is 4.74 Å². The molecule has 0 bridgehead atoms. The van der Waals surface area contributed by atoms with Gasteiger partial charge in [0.1, 0.15) is 5.75 Å². The smallest absolute Gasteiger partial charge is 0.460 e. The van der Waals surface area contributed by atoms with Gasteiger partial charge < -0.3 is 9.47 Å². The van der Waals surface area contributed by atoms with Crippen molar-refractivity contribution in [3.8, 4) is 5.75 Å². The van der Waals surface area contributed by atoms with Gasteiger partial charge in [-0.2, -0.15) is 65.9 Å². The number of benzene rings is 1.